The molecule has 1 fully saturated rings. The summed E-state index contributed by atoms with van der Waals surface area (Å²) in [5.74, 6) is 0.234. The van der Waals surface area contributed by atoms with Crippen molar-refractivity contribution in [1.82, 2.24) is 4.98 Å². The summed E-state index contributed by atoms with van der Waals surface area (Å²) < 4.78 is 6.86. The van der Waals surface area contributed by atoms with E-state index in [4.69, 9.17) is 4.74 Å². The molecule has 3 aliphatic rings. The Morgan fingerprint density at radius 3 is 2.69 bits per heavy atom. The third-order valence-corrected chi connectivity index (χ3v) is 4.25. The second kappa shape index (κ2) is 2.15. The number of epoxide rings is 1. The Morgan fingerprint density at radius 1 is 1.38 bits per heavy atom. The predicted molar refractivity (Wildman–Crippen MR) is 55.7 cm³/mol. The highest BCUT2D eigenvalue weighted by Crippen LogP contribution is 2.70. The normalized spacial score (nSPS) is 40.4. The first kappa shape index (κ1) is 8.70. The van der Waals surface area contributed by atoms with Crippen LogP contribution in [0.4, 0.5) is 0 Å². The van der Waals surface area contributed by atoms with E-state index in [-0.39, 0.29) is 23.0 Å². The van der Waals surface area contributed by atoms with E-state index >= 15 is 0 Å². The number of aromatic nitrogens is 2. The number of hydrogen-bond acceptors (Lipinski definition) is 3. The molecule has 1 saturated heterocycles. The highest BCUT2D eigenvalue weighted by molar-refractivity contribution is 5.52. The third kappa shape index (κ3) is 0.659. The van der Waals surface area contributed by atoms with Crippen molar-refractivity contribution in [2.45, 2.75) is 36.9 Å². The summed E-state index contributed by atoms with van der Waals surface area (Å²) in [6.45, 7) is 4.17. The van der Waals surface area contributed by atoms with Crippen LogP contribution in [0.1, 0.15) is 37.1 Å². The van der Waals surface area contributed by atoms with E-state index < -0.39 is 0 Å². The quantitative estimate of drug-likeness (QED) is 0.281. The Labute approximate surface area is 93.2 Å². The second-order valence-electron chi connectivity index (χ2n) is 5.27. The molecular weight excluding hydrogens is 204 g/mol. The highest BCUT2D eigenvalue weighted by atomic mass is 16.6. The van der Waals surface area contributed by atoms with Crippen molar-refractivity contribution in [2.75, 3.05) is 0 Å². The fourth-order valence-electron chi connectivity index (χ4n) is 3.53. The van der Waals surface area contributed by atoms with Gasteiger partial charge in [-0.15, -0.1) is 0 Å². The van der Waals surface area contributed by atoms with Crippen LogP contribution in [0.3, 0.4) is 0 Å². The van der Waals surface area contributed by atoms with Crippen molar-refractivity contribution in [3.8, 4) is 0 Å². The topological polar surface area (TPSA) is 52.4 Å². The molecule has 1 aromatic rings. The minimum absolute atomic E-state index is 0.0775. The molecule has 16 heavy (non-hydrogen) atoms. The zero-order valence-electron chi connectivity index (χ0n) is 9.18. The van der Waals surface area contributed by atoms with E-state index in [1.165, 1.54) is 6.20 Å². The molecule has 3 atom stereocenters. The molecule has 4 nitrogen and oxygen atoms in total. The molecule has 0 N–H and O–H groups in total. The molecule has 1 aliphatic heterocycles. The molecule has 2 heterocycles. The van der Waals surface area contributed by atoms with Gasteiger partial charge in [0.25, 0.3) is 0 Å². The maximum atomic E-state index is 11.8. The van der Waals surface area contributed by atoms with Gasteiger partial charge in [-0.25, -0.2) is 4.98 Å². The smallest absolute Gasteiger partial charge is 0.224 e. The summed E-state index contributed by atoms with van der Waals surface area (Å²) in [5.41, 5.74) is 1.30. The summed E-state index contributed by atoms with van der Waals surface area (Å²) in [7, 11) is 0. The molecule has 0 aromatic carbocycles. The summed E-state index contributed by atoms with van der Waals surface area (Å²) >= 11 is 0. The van der Waals surface area contributed by atoms with Gasteiger partial charge in [-0.1, -0.05) is 12.2 Å². The number of hydrogen-bond donors (Lipinski definition) is 0. The van der Waals surface area contributed by atoms with E-state index in [9.17, 15) is 5.21 Å². The number of fused-ring (bicyclic) bond motifs is 3. The Balaban J connectivity index is 1.98. The van der Waals surface area contributed by atoms with Crippen LogP contribution in [-0.2, 0) is 4.74 Å². The average Bonchev–Trinajstić information content (AvgIpc) is 2.54. The summed E-state index contributed by atoms with van der Waals surface area (Å²) in [4.78, 5) is 4.35. The summed E-state index contributed by atoms with van der Waals surface area (Å²) in [6.07, 6.45) is 7.27. The maximum Gasteiger partial charge on any atom is 0.224 e. The monoisotopic (exact) mass is 216 g/mol. The molecule has 0 radical (unpaired) electrons. The van der Waals surface area contributed by atoms with Crippen LogP contribution >= 0.6 is 0 Å². The van der Waals surface area contributed by atoms with Crippen LogP contribution in [0.25, 0.3) is 0 Å². The van der Waals surface area contributed by atoms with Crippen LogP contribution in [0.15, 0.2) is 24.5 Å². The van der Waals surface area contributed by atoms with Gasteiger partial charge in [-0.2, -0.15) is 4.73 Å². The molecule has 0 saturated carbocycles. The lowest BCUT2D eigenvalue weighted by Crippen LogP contribution is -2.35. The molecule has 82 valence electrons. The molecule has 2 aliphatic carbocycles. The van der Waals surface area contributed by atoms with Crippen molar-refractivity contribution >= 4 is 0 Å². The van der Waals surface area contributed by atoms with E-state index in [0.29, 0.717) is 0 Å². The van der Waals surface area contributed by atoms with Gasteiger partial charge in [0.1, 0.15) is 11.3 Å². The lowest BCUT2D eigenvalue weighted by Gasteiger charge is -2.11. The van der Waals surface area contributed by atoms with Gasteiger partial charge in [0.2, 0.25) is 5.69 Å². The van der Waals surface area contributed by atoms with Crippen molar-refractivity contribution in [3.05, 3.63) is 41.1 Å². The third-order valence-electron chi connectivity index (χ3n) is 4.25. The standard InChI is InChI=1S/C12H12N2O2/c1-11(2)12(16-11)7-3-4-8(12)10-9(7)13-5-6-14(10)15/h3-8H,1-2H3. The predicted octanol–water partition coefficient (Wildman–Crippen LogP) is 1.01. The van der Waals surface area contributed by atoms with E-state index in [1.54, 1.807) is 6.20 Å². The van der Waals surface area contributed by atoms with Crippen LogP contribution in [0.2, 0.25) is 0 Å². The number of nitrogens with zero attached hydrogens (tertiary/aromatic N) is 2. The fraction of sp³-hybridized carbons (Fsp3) is 0.500. The number of ether oxygens (including phenoxy) is 1. The summed E-state index contributed by atoms with van der Waals surface area (Å²) in [6, 6.07) is 0. The van der Waals surface area contributed by atoms with Gasteiger partial charge in [-0.05, 0) is 13.8 Å². The van der Waals surface area contributed by atoms with Crippen LogP contribution in [0, 0.1) is 5.21 Å². The molecule has 2 bridgehead atoms. The van der Waals surface area contributed by atoms with Crippen molar-refractivity contribution in [3.63, 3.8) is 0 Å². The molecule has 1 aromatic heterocycles. The lowest BCUT2D eigenvalue weighted by molar-refractivity contribution is -0.615. The van der Waals surface area contributed by atoms with Crippen molar-refractivity contribution in [1.29, 1.82) is 0 Å². The molecule has 0 amide bonds. The maximum absolute atomic E-state index is 11.8. The van der Waals surface area contributed by atoms with E-state index in [2.05, 4.69) is 31.0 Å². The van der Waals surface area contributed by atoms with Gasteiger partial charge < -0.3 is 9.94 Å². The molecule has 4 rings (SSSR count). The Hall–Kier alpha value is -1.42. The lowest BCUT2D eigenvalue weighted by atomic mass is 9.84. The number of rotatable bonds is 0. The summed E-state index contributed by atoms with van der Waals surface area (Å²) in [5, 5.41) is 11.8. The SMILES string of the molecule is CC1(C)OC12C1C=CC2c2c1ncc[n+]2[O-]. The van der Waals surface area contributed by atoms with Gasteiger partial charge >= 0.3 is 0 Å². The fourth-order valence-corrected chi connectivity index (χ4v) is 3.53. The highest BCUT2D eigenvalue weighted by Gasteiger charge is 2.78. The molecule has 3 unspecified atom stereocenters. The minimum atomic E-state index is -0.226. The first-order valence-electron chi connectivity index (χ1n) is 5.54. The zero-order chi connectivity index (χ0) is 11.1. The zero-order valence-corrected chi connectivity index (χ0v) is 9.18. The second-order valence-corrected chi connectivity index (χ2v) is 5.27. The van der Waals surface area contributed by atoms with Crippen LogP contribution in [0.5, 0.6) is 0 Å². The van der Waals surface area contributed by atoms with E-state index in [0.717, 1.165) is 16.1 Å². The Kier molecular flexibility index (Phi) is 1.17. The average molecular weight is 216 g/mol. The first-order chi connectivity index (χ1) is 7.58. The molecular formula is C12H12N2O2. The van der Waals surface area contributed by atoms with Crippen LogP contribution < -0.4 is 4.73 Å². The first-order valence-corrected chi connectivity index (χ1v) is 5.54. The van der Waals surface area contributed by atoms with E-state index in [1.807, 2.05) is 0 Å². The Bertz CT molecular complexity index is 538. The largest absolute Gasteiger partial charge is 0.618 e. The molecule has 1 spiro atoms. The van der Waals surface area contributed by atoms with Crippen LogP contribution in [-0.4, -0.2) is 16.2 Å². The molecule has 4 heteroatoms. The van der Waals surface area contributed by atoms with Gasteiger partial charge in [0, 0.05) is 0 Å². The van der Waals surface area contributed by atoms with Crippen molar-refractivity contribution in [2.24, 2.45) is 0 Å². The van der Waals surface area contributed by atoms with Gasteiger partial charge in [0.15, 0.2) is 6.20 Å². The van der Waals surface area contributed by atoms with Crippen molar-refractivity contribution < 1.29 is 9.47 Å². The Morgan fingerprint density at radius 2 is 2.06 bits per heavy atom. The van der Waals surface area contributed by atoms with Gasteiger partial charge in [0.05, 0.1) is 23.6 Å². The van der Waals surface area contributed by atoms with Gasteiger partial charge in [-0.3, -0.25) is 0 Å². The minimum Gasteiger partial charge on any atom is -0.618 e.